The second kappa shape index (κ2) is 5.37. The van der Waals surface area contributed by atoms with E-state index in [4.69, 9.17) is 20.4 Å². The van der Waals surface area contributed by atoms with Gasteiger partial charge in [-0.3, -0.25) is 0 Å². The maximum Gasteiger partial charge on any atom is 0.507 e. The molecule has 1 atom stereocenters. The van der Waals surface area contributed by atoms with Gasteiger partial charge in [0.05, 0.1) is 0 Å². The largest absolute Gasteiger partial charge is 0.507 e. The summed E-state index contributed by atoms with van der Waals surface area (Å²) >= 11 is 0. The summed E-state index contributed by atoms with van der Waals surface area (Å²) in [7, 11) is 0. The molecule has 6 N–H and O–H groups in total. The van der Waals surface area contributed by atoms with E-state index < -0.39 is 24.0 Å². The van der Waals surface area contributed by atoms with Gasteiger partial charge in [0.2, 0.25) is 6.29 Å². The second-order valence-corrected chi connectivity index (χ2v) is 2.29. The molecule has 0 aliphatic heterocycles. The van der Waals surface area contributed by atoms with Gasteiger partial charge in [0.15, 0.2) is 0 Å². The molecule has 0 aliphatic rings. The van der Waals surface area contributed by atoms with E-state index in [1.807, 2.05) is 0 Å². The van der Waals surface area contributed by atoms with Gasteiger partial charge in [0.25, 0.3) is 5.60 Å². The summed E-state index contributed by atoms with van der Waals surface area (Å²) in [4.78, 5) is 20.6. The highest BCUT2D eigenvalue weighted by molar-refractivity contribution is 5.80. The van der Waals surface area contributed by atoms with Crippen LogP contribution >= 0.6 is 0 Å². The van der Waals surface area contributed by atoms with Crippen LogP contribution in [0.2, 0.25) is 0 Å². The first-order valence-electron chi connectivity index (χ1n) is 3.38. The Morgan fingerprint density at radius 2 is 1.79 bits per heavy atom. The molecule has 84 valence electrons. The van der Waals surface area contributed by atoms with Crippen molar-refractivity contribution in [2.45, 2.75) is 25.2 Å². The van der Waals surface area contributed by atoms with Gasteiger partial charge in [0, 0.05) is 6.42 Å². The molecule has 0 aromatic heterocycles. The van der Waals surface area contributed by atoms with Crippen molar-refractivity contribution in [1.82, 2.24) is 0 Å². The smallest absolute Gasteiger partial charge is 0.478 e. The minimum Gasteiger partial charge on any atom is -0.478 e. The van der Waals surface area contributed by atoms with Crippen molar-refractivity contribution in [3.63, 3.8) is 0 Å². The van der Waals surface area contributed by atoms with Crippen LogP contribution in [0.1, 0.15) is 13.3 Å². The Balaban J connectivity index is 0. The highest BCUT2D eigenvalue weighted by Crippen LogP contribution is 2.20. The summed E-state index contributed by atoms with van der Waals surface area (Å²) in [5.41, 5.74) is -2.51. The SMILES string of the molecule is CCC(OC(=O)O)(C(=O)O)C(O)O.O. The Bertz CT molecular complexity index is 212. The van der Waals surface area contributed by atoms with Crippen LogP contribution in [0.3, 0.4) is 0 Å². The van der Waals surface area contributed by atoms with Crippen molar-refractivity contribution in [3.05, 3.63) is 0 Å². The van der Waals surface area contributed by atoms with E-state index >= 15 is 0 Å². The molecule has 0 heterocycles. The van der Waals surface area contributed by atoms with Crippen molar-refractivity contribution in [2.75, 3.05) is 0 Å². The Morgan fingerprint density at radius 3 is 1.86 bits per heavy atom. The van der Waals surface area contributed by atoms with E-state index in [1.165, 1.54) is 6.92 Å². The van der Waals surface area contributed by atoms with Gasteiger partial charge in [-0.2, -0.15) is 0 Å². The average molecular weight is 212 g/mol. The predicted octanol–water partition coefficient (Wildman–Crippen LogP) is -1.60. The van der Waals surface area contributed by atoms with Gasteiger partial charge in [0.1, 0.15) is 0 Å². The van der Waals surface area contributed by atoms with Gasteiger partial charge in [-0.1, -0.05) is 6.92 Å². The molecule has 8 heteroatoms. The van der Waals surface area contributed by atoms with Crippen LogP contribution in [0, 0.1) is 0 Å². The minimum absolute atomic E-state index is 0. The molecule has 0 bridgehead atoms. The number of hydrogen-bond acceptors (Lipinski definition) is 5. The monoisotopic (exact) mass is 212 g/mol. The molecule has 8 nitrogen and oxygen atoms in total. The third-order valence-electron chi connectivity index (χ3n) is 1.57. The van der Waals surface area contributed by atoms with Gasteiger partial charge >= 0.3 is 12.1 Å². The van der Waals surface area contributed by atoms with Crippen LogP contribution in [0.4, 0.5) is 4.79 Å². The van der Waals surface area contributed by atoms with E-state index in [0.717, 1.165) is 0 Å². The lowest BCUT2D eigenvalue weighted by Gasteiger charge is -2.27. The summed E-state index contributed by atoms with van der Waals surface area (Å²) < 4.78 is 3.93. The Labute approximate surface area is 78.7 Å². The zero-order chi connectivity index (χ0) is 10.6. The van der Waals surface area contributed by atoms with E-state index in [-0.39, 0.29) is 11.9 Å². The van der Waals surface area contributed by atoms with Crippen molar-refractivity contribution >= 4 is 12.1 Å². The topological polar surface area (TPSA) is 156 Å². The van der Waals surface area contributed by atoms with Crippen molar-refractivity contribution < 1.29 is 40.2 Å². The number of carboxylic acid groups (broad SMARTS) is 2. The van der Waals surface area contributed by atoms with E-state index in [1.54, 1.807) is 0 Å². The first-order valence-corrected chi connectivity index (χ1v) is 3.38. The first kappa shape index (κ1) is 15.1. The summed E-state index contributed by atoms with van der Waals surface area (Å²) in [5.74, 6) is -1.74. The number of rotatable bonds is 4. The van der Waals surface area contributed by atoms with Crippen LogP contribution in [0.5, 0.6) is 0 Å². The Hall–Kier alpha value is -1.38. The maximum atomic E-state index is 10.5. The molecular formula is C6H12O8. The number of aliphatic hydroxyl groups excluding tert-OH is 1. The lowest BCUT2D eigenvalue weighted by Crippen LogP contribution is -2.52. The normalized spacial score (nSPS) is 14.0. The maximum absolute atomic E-state index is 10.5. The number of carbonyl (C=O) groups is 2. The fourth-order valence-corrected chi connectivity index (χ4v) is 0.769. The fourth-order valence-electron chi connectivity index (χ4n) is 0.769. The van der Waals surface area contributed by atoms with Crippen LogP contribution in [-0.4, -0.2) is 49.9 Å². The lowest BCUT2D eigenvalue weighted by atomic mass is 10.0. The van der Waals surface area contributed by atoms with Crippen LogP contribution < -0.4 is 0 Å². The third kappa shape index (κ3) is 2.83. The lowest BCUT2D eigenvalue weighted by molar-refractivity contribution is -0.210. The number of aliphatic carboxylic acids is 1. The van der Waals surface area contributed by atoms with Crippen molar-refractivity contribution in [3.8, 4) is 0 Å². The van der Waals surface area contributed by atoms with Crippen molar-refractivity contribution in [2.24, 2.45) is 0 Å². The number of hydrogen-bond donors (Lipinski definition) is 4. The molecule has 0 fully saturated rings. The molecule has 0 saturated heterocycles. The molecule has 0 aliphatic carbocycles. The summed E-state index contributed by atoms with van der Waals surface area (Å²) in [6.45, 7) is 1.26. The Morgan fingerprint density at radius 1 is 1.36 bits per heavy atom. The number of aliphatic hydroxyl groups is 2. The number of ether oxygens (including phenoxy) is 1. The quantitative estimate of drug-likeness (QED) is 0.323. The molecule has 0 spiro atoms. The fraction of sp³-hybridized carbons (Fsp3) is 0.667. The van der Waals surface area contributed by atoms with E-state index in [0.29, 0.717) is 0 Å². The minimum atomic E-state index is -2.51. The molecule has 0 aromatic rings. The molecule has 14 heavy (non-hydrogen) atoms. The molecule has 0 saturated carbocycles. The molecular weight excluding hydrogens is 200 g/mol. The average Bonchev–Trinajstić information content (AvgIpc) is 1.98. The third-order valence-corrected chi connectivity index (χ3v) is 1.57. The molecule has 1 unspecified atom stereocenters. The van der Waals surface area contributed by atoms with Crippen molar-refractivity contribution in [1.29, 1.82) is 0 Å². The first-order chi connectivity index (χ1) is 5.86. The van der Waals surface area contributed by atoms with Gasteiger partial charge in [-0.05, 0) is 0 Å². The molecule has 0 rings (SSSR count). The number of carboxylic acids is 1. The van der Waals surface area contributed by atoms with E-state index in [9.17, 15) is 9.59 Å². The molecule has 0 amide bonds. The van der Waals surface area contributed by atoms with Crippen LogP contribution in [0.25, 0.3) is 0 Å². The standard InChI is InChI=1S/C6H10O7.H2O/c1-2-6(3(7)8,4(9)10)13-5(11)12;/h3,7-8H,2H2,1H3,(H,9,10)(H,11,12);1H2. The summed E-state index contributed by atoms with van der Waals surface area (Å²) in [6, 6.07) is 0. The second-order valence-electron chi connectivity index (χ2n) is 2.29. The van der Waals surface area contributed by atoms with E-state index in [2.05, 4.69) is 4.74 Å². The highest BCUT2D eigenvalue weighted by atomic mass is 16.7. The zero-order valence-corrected chi connectivity index (χ0v) is 7.30. The van der Waals surface area contributed by atoms with Crippen LogP contribution in [0.15, 0.2) is 0 Å². The molecule has 0 radical (unpaired) electrons. The Kier molecular flexibility index (Phi) is 5.80. The van der Waals surface area contributed by atoms with Crippen LogP contribution in [-0.2, 0) is 9.53 Å². The predicted molar refractivity (Wildman–Crippen MR) is 41.6 cm³/mol. The van der Waals surface area contributed by atoms with Gasteiger partial charge in [-0.15, -0.1) is 0 Å². The highest BCUT2D eigenvalue weighted by Gasteiger charge is 2.48. The summed E-state index contributed by atoms with van der Waals surface area (Å²) in [5, 5.41) is 34.0. The zero-order valence-electron chi connectivity index (χ0n) is 7.30. The summed E-state index contributed by atoms with van der Waals surface area (Å²) in [6.07, 6.45) is -4.66. The van der Waals surface area contributed by atoms with Gasteiger partial charge in [-0.25, -0.2) is 9.59 Å². The molecule has 0 aromatic carbocycles. The van der Waals surface area contributed by atoms with Gasteiger partial charge < -0.3 is 30.6 Å².